The first-order valence-electron chi connectivity index (χ1n) is 4.87. The van der Waals surface area contributed by atoms with E-state index >= 15 is 0 Å². The number of methoxy groups -OCH3 is 1. The van der Waals surface area contributed by atoms with E-state index in [9.17, 15) is 4.79 Å². The van der Waals surface area contributed by atoms with Gasteiger partial charge in [-0.15, -0.1) is 0 Å². The Hall–Kier alpha value is -1.35. The Balaban J connectivity index is 2.88. The van der Waals surface area contributed by atoms with Crippen molar-refractivity contribution in [1.82, 2.24) is 0 Å². The van der Waals surface area contributed by atoms with Crippen LogP contribution in [0.25, 0.3) is 0 Å². The van der Waals surface area contributed by atoms with Crippen molar-refractivity contribution in [1.29, 1.82) is 0 Å². The first-order chi connectivity index (χ1) is 7.06. The van der Waals surface area contributed by atoms with Crippen LogP contribution in [-0.4, -0.2) is 24.3 Å². The first kappa shape index (κ1) is 11.7. The van der Waals surface area contributed by atoms with Gasteiger partial charge < -0.3 is 9.84 Å². The minimum atomic E-state index is -0.918. The van der Waals surface area contributed by atoms with E-state index in [2.05, 4.69) is 0 Å². The molecule has 3 nitrogen and oxygen atoms in total. The maximum absolute atomic E-state index is 10.8. The van der Waals surface area contributed by atoms with Gasteiger partial charge in [0.1, 0.15) is 0 Å². The van der Waals surface area contributed by atoms with E-state index in [1.54, 1.807) is 0 Å². The summed E-state index contributed by atoms with van der Waals surface area (Å²) in [5, 5.41) is 8.87. The fraction of sp³-hybridized carbons (Fsp3) is 0.417. The van der Waals surface area contributed by atoms with Gasteiger partial charge in [0.15, 0.2) is 6.10 Å². The molecule has 0 aromatic heterocycles. The molecule has 0 aliphatic rings. The smallest absolute Gasteiger partial charge is 0.333 e. The van der Waals surface area contributed by atoms with Gasteiger partial charge in [0.2, 0.25) is 0 Å². The van der Waals surface area contributed by atoms with Crippen molar-refractivity contribution in [2.24, 2.45) is 0 Å². The number of hydrogen-bond donors (Lipinski definition) is 1. The zero-order valence-corrected chi connectivity index (χ0v) is 9.28. The molecular formula is C12H16O3. The molecule has 0 spiro atoms. The lowest BCUT2D eigenvalue weighted by molar-refractivity contribution is -0.148. The Morgan fingerprint density at radius 2 is 2.13 bits per heavy atom. The third-order valence-electron chi connectivity index (χ3n) is 2.68. The zero-order valence-electron chi connectivity index (χ0n) is 9.28. The van der Waals surface area contributed by atoms with Crippen molar-refractivity contribution in [3.8, 4) is 0 Å². The second-order valence-corrected chi connectivity index (χ2v) is 3.63. The molecule has 1 aromatic carbocycles. The first-order valence-corrected chi connectivity index (χ1v) is 4.87. The fourth-order valence-corrected chi connectivity index (χ4v) is 1.50. The van der Waals surface area contributed by atoms with E-state index in [0.29, 0.717) is 6.42 Å². The molecule has 0 aliphatic carbocycles. The molecule has 0 radical (unpaired) electrons. The maximum atomic E-state index is 10.8. The van der Waals surface area contributed by atoms with Crippen LogP contribution in [0.1, 0.15) is 16.7 Å². The van der Waals surface area contributed by atoms with Crippen molar-refractivity contribution in [2.45, 2.75) is 26.4 Å². The lowest BCUT2D eigenvalue weighted by Crippen LogP contribution is -2.25. The van der Waals surface area contributed by atoms with Crippen LogP contribution >= 0.6 is 0 Å². The Bertz CT molecular complexity index is 358. The Morgan fingerprint density at radius 3 is 2.67 bits per heavy atom. The van der Waals surface area contributed by atoms with Crippen molar-refractivity contribution < 1.29 is 14.6 Å². The van der Waals surface area contributed by atoms with Crippen molar-refractivity contribution >= 4 is 5.97 Å². The number of hydrogen-bond acceptors (Lipinski definition) is 2. The van der Waals surface area contributed by atoms with Crippen molar-refractivity contribution in [2.75, 3.05) is 7.11 Å². The predicted octanol–water partition coefficient (Wildman–Crippen LogP) is 1.95. The molecule has 1 atom stereocenters. The van der Waals surface area contributed by atoms with Crippen LogP contribution < -0.4 is 0 Å². The molecule has 0 bridgehead atoms. The summed E-state index contributed by atoms with van der Waals surface area (Å²) in [6.07, 6.45) is -0.343. The summed E-state index contributed by atoms with van der Waals surface area (Å²) in [5.74, 6) is -0.918. The molecule has 1 aromatic rings. The SMILES string of the molecule is CO[C@@H](Cc1cccc(C)c1C)C(=O)O. The van der Waals surface area contributed by atoms with Gasteiger partial charge >= 0.3 is 5.97 Å². The summed E-state index contributed by atoms with van der Waals surface area (Å²) in [4.78, 5) is 10.8. The van der Waals surface area contributed by atoms with Gasteiger partial charge in [0.25, 0.3) is 0 Å². The molecule has 0 saturated heterocycles. The molecule has 1 N–H and O–H groups in total. The highest BCUT2D eigenvalue weighted by Crippen LogP contribution is 2.15. The standard InChI is InChI=1S/C12H16O3/c1-8-5-4-6-10(9(8)2)7-11(15-3)12(13)14/h4-6,11H,7H2,1-3H3,(H,13,14)/t11-/m0/s1. The number of benzene rings is 1. The van der Waals surface area contributed by atoms with Crippen LogP contribution in [0.5, 0.6) is 0 Å². The van der Waals surface area contributed by atoms with Gasteiger partial charge in [-0.1, -0.05) is 18.2 Å². The molecule has 0 amide bonds. The van der Waals surface area contributed by atoms with Crippen LogP contribution in [-0.2, 0) is 16.0 Å². The molecule has 0 aliphatic heterocycles. The molecule has 15 heavy (non-hydrogen) atoms. The molecule has 0 fully saturated rings. The average molecular weight is 208 g/mol. The van der Waals surface area contributed by atoms with Crippen LogP contribution in [0.4, 0.5) is 0 Å². The van der Waals surface area contributed by atoms with Gasteiger partial charge in [-0.25, -0.2) is 4.79 Å². The van der Waals surface area contributed by atoms with Gasteiger partial charge in [0, 0.05) is 13.5 Å². The number of carboxylic acid groups (broad SMARTS) is 1. The number of carbonyl (C=O) groups is 1. The maximum Gasteiger partial charge on any atom is 0.333 e. The van der Waals surface area contributed by atoms with Gasteiger partial charge in [0.05, 0.1) is 0 Å². The van der Waals surface area contributed by atoms with Crippen molar-refractivity contribution in [3.05, 3.63) is 34.9 Å². The minimum Gasteiger partial charge on any atom is -0.479 e. The largest absolute Gasteiger partial charge is 0.479 e. The van der Waals surface area contributed by atoms with Gasteiger partial charge in [-0.2, -0.15) is 0 Å². The second-order valence-electron chi connectivity index (χ2n) is 3.63. The van der Waals surface area contributed by atoms with E-state index in [4.69, 9.17) is 9.84 Å². The highest BCUT2D eigenvalue weighted by atomic mass is 16.5. The quantitative estimate of drug-likeness (QED) is 0.822. The van der Waals surface area contributed by atoms with E-state index in [1.807, 2.05) is 32.0 Å². The summed E-state index contributed by atoms with van der Waals surface area (Å²) in [6.45, 7) is 4.01. The van der Waals surface area contributed by atoms with Crippen molar-refractivity contribution in [3.63, 3.8) is 0 Å². The summed E-state index contributed by atoms with van der Waals surface area (Å²) in [6, 6.07) is 5.89. The summed E-state index contributed by atoms with van der Waals surface area (Å²) >= 11 is 0. The Labute approximate surface area is 89.7 Å². The minimum absolute atomic E-state index is 0.416. The average Bonchev–Trinajstić information content (AvgIpc) is 2.19. The van der Waals surface area contributed by atoms with Crippen LogP contribution in [0.3, 0.4) is 0 Å². The molecule has 0 saturated carbocycles. The molecule has 1 rings (SSSR count). The monoisotopic (exact) mass is 208 g/mol. The summed E-state index contributed by atoms with van der Waals surface area (Å²) < 4.78 is 4.91. The number of ether oxygens (including phenoxy) is 1. The molecular weight excluding hydrogens is 192 g/mol. The Kier molecular flexibility index (Phi) is 3.86. The molecule has 3 heteroatoms. The lowest BCUT2D eigenvalue weighted by Gasteiger charge is -2.13. The van der Waals surface area contributed by atoms with E-state index in [-0.39, 0.29) is 0 Å². The number of carboxylic acids is 1. The normalized spacial score (nSPS) is 12.5. The fourth-order valence-electron chi connectivity index (χ4n) is 1.50. The topological polar surface area (TPSA) is 46.5 Å². The molecule has 82 valence electrons. The van der Waals surface area contributed by atoms with Crippen LogP contribution in [0.15, 0.2) is 18.2 Å². The van der Waals surface area contributed by atoms with E-state index in [1.165, 1.54) is 12.7 Å². The van der Waals surface area contributed by atoms with Crippen LogP contribution in [0.2, 0.25) is 0 Å². The third-order valence-corrected chi connectivity index (χ3v) is 2.68. The van der Waals surface area contributed by atoms with E-state index < -0.39 is 12.1 Å². The van der Waals surface area contributed by atoms with E-state index in [0.717, 1.165) is 11.1 Å². The molecule has 0 unspecified atom stereocenters. The van der Waals surface area contributed by atoms with Gasteiger partial charge in [-0.3, -0.25) is 0 Å². The summed E-state index contributed by atoms with van der Waals surface area (Å²) in [7, 11) is 1.42. The summed E-state index contributed by atoms with van der Waals surface area (Å²) in [5.41, 5.74) is 3.35. The predicted molar refractivity (Wildman–Crippen MR) is 58.1 cm³/mol. The highest BCUT2D eigenvalue weighted by molar-refractivity contribution is 5.72. The third kappa shape index (κ3) is 2.80. The lowest BCUT2D eigenvalue weighted by atomic mass is 9.99. The Morgan fingerprint density at radius 1 is 1.47 bits per heavy atom. The van der Waals surface area contributed by atoms with Crippen LogP contribution in [0, 0.1) is 13.8 Å². The zero-order chi connectivity index (χ0) is 11.4. The van der Waals surface area contributed by atoms with Gasteiger partial charge in [-0.05, 0) is 30.5 Å². The second kappa shape index (κ2) is 4.94. The number of aliphatic carboxylic acids is 1. The number of rotatable bonds is 4. The molecule has 0 heterocycles. The number of aryl methyl sites for hydroxylation is 1. The highest BCUT2D eigenvalue weighted by Gasteiger charge is 2.17.